The molecule has 0 aliphatic carbocycles. The Morgan fingerprint density at radius 3 is 2.88 bits per heavy atom. The summed E-state index contributed by atoms with van der Waals surface area (Å²) in [5.41, 5.74) is 5.98. The van der Waals surface area contributed by atoms with Crippen LogP contribution in [0.5, 0.6) is 0 Å². The van der Waals surface area contributed by atoms with E-state index in [1.807, 2.05) is 0 Å². The summed E-state index contributed by atoms with van der Waals surface area (Å²) < 4.78 is 5.81. The Bertz CT molecular complexity index is 224. The lowest BCUT2D eigenvalue weighted by molar-refractivity contribution is -0.0447. The lowest BCUT2D eigenvalue weighted by Crippen LogP contribution is -2.52. The maximum atomic E-state index is 5.98. The highest BCUT2D eigenvalue weighted by molar-refractivity contribution is 4.83. The van der Waals surface area contributed by atoms with E-state index >= 15 is 0 Å². The van der Waals surface area contributed by atoms with Crippen LogP contribution >= 0.6 is 0 Å². The van der Waals surface area contributed by atoms with Gasteiger partial charge in [-0.2, -0.15) is 0 Å². The van der Waals surface area contributed by atoms with E-state index in [-0.39, 0.29) is 0 Å². The van der Waals surface area contributed by atoms with Crippen LogP contribution in [0.1, 0.15) is 19.8 Å². The predicted octanol–water partition coefficient (Wildman–Crippen LogP) is 0.129. The van der Waals surface area contributed by atoms with Crippen LogP contribution < -0.4 is 5.73 Å². The minimum atomic E-state index is 0.385. The number of nitrogens with zero attached hydrogens (tertiary/aromatic N) is 2. The molecule has 0 saturated carbocycles. The Hall–Kier alpha value is -0.160. The molecule has 0 aromatic rings. The number of morpholine rings is 1. The Morgan fingerprint density at radius 2 is 2.19 bits per heavy atom. The van der Waals surface area contributed by atoms with Gasteiger partial charge in [-0.25, -0.2) is 0 Å². The minimum absolute atomic E-state index is 0.385. The first kappa shape index (κ1) is 12.3. The lowest BCUT2D eigenvalue weighted by Gasteiger charge is -2.40. The quantitative estimate of drug-likeness (QED) is 0.728. The van der Waals surface area contributed by atoms with Crippen LogP contribution in [0.4, 0.5) is 0 Å². The summed E-state index contributed by atoms with van der Waals surface area (Å²) in [4.78, 5) is 4.89. The summed E-state index contributed by atoms with van der Waals surface area (Å²) in [5.74, 6) is 0. The number of piperidine rings is 1. The molecule has 3 atom stereocenters. The third-order valence-corrected chi connectivity index (χ3v) is 3.83. The normalized spacial score (nSPS) is 38.8. The highest BCUT2D eigenvalue weighted by atomic mass is 16.5. The van der Waals surface area contributed by atoms with Gasteiger partial charge in [0.2, 0.25) is 0 Å². The van der Waals surface area contributed by atoms with E-state index < -0.39 is 0 Å². The number of likely N-dealkylation sites (N-methyl/N-ethyl adjacent to an activating group) is 1. The van der Waals surface area contributed by atoms with Gasteiger partial charge < -0.3 is 15.4 Å². The number of hydrogen-bond donors (Lipinski definition) is 1. The van der Waals surface area contributed by atoms with E-state index in [9.17, 15) is 0 Å². The van der Waals surface area contributed by atoms with Gasteiger partial charge in [0, 0.05) is 31.7 Å². The molecule has 2 rings (SSSR count). The van der Waals surface area contributed by atoms with Gasteiger partial charge in [0.05, 0.1) is 12.7 Å². The minimum Gasteiger partial charge on any atom is -0.374 e. The van der Waals surface area contributed by atoms with Crippen molar-refractivity contribution in [2.75, 3.05) is 39.8 Å². The molecule has 94 valence electrons. The molecule has 2 aliphatic heterocycles. The van der Waals surface area contributed by atoms with E-state index in [4.69, 9.17) is 10.5 Å². The van der Waals surface area contributed by atoms with Crippen molar-refractivity contribution in [3.8, 4) is 0 Å². The summed E-state index contributed by atoms with van der Waals surface area (Å²) in [6.45, 7) is 7.49. The van der Waals surface area contributed by atoms with Crippen LogP contribution in [0, 0.1) is 0 Å². The van der Waals surface area contributed by atoms with Gasteiger partial charge in [0.15, 0.2) is 0 Å². The van der Waals surface area contributed by atoms with Crippen molar-refractivity contribution in [2.24, 2.45) is 5.73 Å². The Labute approximate surface area is 98.7 Å². The zero-order chi connectivity index (χ0) is 11.5. The molecule has 4 heteroatoms. The standard InChI is InChI=1S/C12H25N3O/c1-10-7-11(13)3-4-15(10)9-12-8-14(2)5-6-16-12/h10-12H,3-9,13H2,1-2H3. The average Bonchev–Trinajstić information content (AvgIpc) is 2.22. The summed E-state index contributed by atoms with van der Waals surface area (Å²) in [6, 6.07) is 1.01. The fourth-order valence-corrected chi connectivity index (χ4v) is 2.77. The molecule has 0 aromatic heterocycles. The second-order valence-electron chi connectivity index (χ2n) is 5.38. The van der Waals surface area contributed by atoms with Crippen molar-refractivity contribution < 1.29 is 4.74 Å². The monoisotopic (exact) mass is 227 g/mol. The molecule has 4 nitrogen and oxygen atoms in total. The summed E-state index contributed by atoms with van der Waals surface area (Å²) in [5, 5.41) is 0. The van der Waals surface area contributed by atoms with Crippen LogP contribution in [0.25, 0.3) is 0 Å². The van der Waals surface area contributed by atoms with E-state index in [0.29, 0.717) is 18.2 Å². The van der Waals surface area contributed by atoms with Gasteiger partial charge in [-0.05, 0) is 33.4 Å². The lowest BCUT2D eigenvalue weighted by atomic mass is 9.98. The molecule has 2 N–H and O–H groups in total. The fourth-order valence-electron chi connectivity index (χ4n) is 2.77. The number of hydrogen-bond acceptors (Lipinski definition) is 4. The third kappa shape index (κ3) is 3.17. The third-order valence-electron chi connectivity index (χ3n) is 3.83. The highest BCUT2D eigenvalue weighted by Gasteiger charge is 2.27. The van der Waals surface area contributed by atoms with E-state index in [2.05, 4.69) is 23.8 Å². The van der Waals surface area contributed by atoms with Gasteiger partial charge in [0.25, 0.3) is 0 Å². The van der Waals surface area contributed by atoms with Crippen LogP contribution in [-0.2, 0) is 4.74 Å². The molecule has 0 amide bonds. The van der Waals surface area contributed by atoms with Crippen molar-refractivity contribution >= 4 is 0 Å². The van der Waals surface area contributed by atoms with Crippen molar-refractivity contribution in [1.29, 1.82) is 0 Å². The van der Waals surface area contributed by atoms with Gasteiger partial charge in [0.1, 0.15) is 0 Å². The van der Waals surface area contributed by atoms with Crippen molar-refractivity contribution in [2.45, 2.75) is 38.0 Å². The molecule has 0 bridgehead atoms. The van der Waals surface area contributed by atoms with Crippen molar-refractivity contribution in [3.63, 3.8) is 0 Å². The van der Waals surface area contributed by atoms with Gasteiger partial charge >= 0.3 is 0 Å². The summed E-state index contributed by atoms with van der Waals surface area (Å²) in [7, 11) is 2.17. The number of likely N-dealkylation sites (tertiary alicyclic amines) is 1. The van der Waals surface area contributed by atoms with Crippen molar-refractivity contribution in [3.05, 3.63) is 0 Å². The van der Waals surface area contributed by atoms with Crippen LogP contribution in [-0.4, -0.2) is 67.8 Å². The molecule has 0 aromatic carbocycles. The highest BCUT2D eigenvalue weighted by Crippen LogP contribution is 2.17. The Kier molecular flexibility index (Phi) is 4.19. The van der Waals surface area contributed by atoms with Crippen LogP contribution in [0.15, 0.2) is 0 Å². The zero-order valence-corrected chi connectivity index (χ0v) is 10.6. The Balaban J connectivity index is 1.80. The zero-order valence-electron chi connectivity index (χ0n) is 10.6. The summed E-state index contributed by atoms with van der Waals surface area (Å²) in [6.07, 6.45) is 2.64. The van der Waals surface area contributed by atoms with Crippen LogP contribution in [0.2, 0.25) is 0 Å². The Morgan fingerprint density at radius 1 is 1.38 bits per heavy atom. The molecular formula is C12H25N3O. The average molecular weight is 227 g/mol. The molecule has 0 radical (unpaired) electrons. The molecule has 2 fully saturated rings. The maximum absolute atomic E-state index is 5.98. The smallest absolute Gasteiger partial charge is 0.0829 e. The second-order valence-corrected chi connectivity index (χ2v) is 5.38. The van der Waals surface area contributed by atoms with Crippen molar-refractivity contribution in [1.82, 2.24) is 9.80 Å². The molecular weight excluding hydrogens is 202 g/mol. The molecule has 2 aliphatic rings. The van der Waals surface area contributed by atoms with Crippen LogP contribution in [0.3, 0.4) is 0 Å². The summed E-state index contributed by atoms with van der Waals surface area (Å²) >= 11 is 0. The number of rotatable bonds is 2. The van der Waals surface area contributed by atoms with E-state index in [0.717, 1.165) is 45.6 Å². The van der Waals surface area contributed by atoms with Gasteiger partial charge in [-0.15, -0.1) is 0 Å². The first-order chi connectivity index (χ1) is 7.65. The molecule has 16 heavy (non-hydrogen) atoms. The van der Waals surface area contributed by atoms with E-state index in [1.54, 1.807) is 0 Å². The number of ether oxygens (including phenoxy) is 1. The topological polar surface area (TPSA) is 41.7 Å². The van der Waals surface area contributed by atoms with Gasteiger partial charge in [-0.1, -0.05) is 0 Å². The fraction of sp³-hybridized carbons (Fsp3) is 1.00. The predicted molar refractivity (Wildman–Crippen MR) is 65.5 cm³/mol. The van der Waals surface area contributed by atoms with Gasteiger partial charge in [-0.3, -0.25) is 4.90 Å². The van der Waals surface area contributed by atoms with E-state index in [1.165, 1.54) is 0 Å². The first-order valence-electron chi connectivity index (χ1n) is 6.45. The molecule has 2 heterocycles. The first-order valence-corrected chi connectivity index (χ1v) is 6.45. The second kappa shape index (κ2) is 5.45. The molecule has 3 unspecified atom stereocenters. The largest absolute Gasteiger partial charge is 0.374 e. The SMILES string of the molecule is CC1CC(N)CCN1CC1CN(C)CCO1. The maximum Gasteiger partial charge on any atom is 0.0829 e. The number of nitrogens with two attached hydrogens (primary N) is 1. The molecule has 2 saturated heterocycles. The molecule has 0 spiro atoms.